The highest BCUT2D eigenvalue weighted by Crippen LogP contribution is 2.38. The van der Waals surface area contributed by atoms with Crippen molar-refractivity contribution in [3.8, 4) is 16.2 Å². The summed E-state index contributed by atoms with van der Waals surface area (Å²) in [6.45, 7) is 1.96. The molecule has 0 radical (unpaired) electrons. The molecule has 4 rings (SSSR count). The Morgan fingerprint density at radius 2 is 1.88 bits per heavy atom. The molecule has 0 fully saturated rings. The summed E-state index contributed by atoms with van der Waals surface area (Å²) < 4.78 is 5.45. The Balaban J connectivity index is 1.78. The van der Waals surface area contributed by atoms with Crippen molar-refractivity contribution in [1.29, 1.82) is 0 Å². The number of hydrogen-bond donors (Lipinski definition) is 1. The van der Waals surface area contributed by atoms with Crippen molar-refractivity contribution in [2.24, 2.45) is 0 Å². The predicted octanol–water partition coefficient (Wildman–Crippen LogP) is 6.07. The number of anilines is 2. The molecule has 1 N–H and O–H groups in total. The van der Waals surface area contributed by atoms with E-state index in [1.807, 2.05) is 31.2 Å². The highest BCUT2D eigenvalue weighted by atomic mass is 35.5. The van der Waals surface area contributed by atoms with Crippen molar-refractivity contribution in [3.05, 3.63) is 65.4 Å². The van der Waals surface area contributed by atoms with Crippen molar-refractivity contribution < 1.29 is 4.74 Å². The molecule has 0 aliphatic rings. The van der Waals surface area contributed by atoms with Crippen LogP contribution in [0.15, 0.2) is 54.9 Å². The van der Waals surface area contributed by atoms with E-state index in [0.29, 0.717) is 10.8 Å². The molecule has 0 saturated carbocycles. The van der Waals surface area contributed by atoms with Crippen LogP contribution in [0.2, 0.25) is 5.02 Å². The van der Waals surface area contributed by atoms with Crippen LogP contribution in [0.4, 0.5) is 11.5 Å². The van der Waals surface area contributed by atoms with Gasteiger partial charge in [-0.05, 0) is 30.2 Å². The van der Waals surface area contributed by atoms with E-state index in [0.717, 1.165) is 32.2 Å². The number of methoxy groups -OCH3 is 1. The Kier molecular flexibility index (Phi) is 4.49. The molecular weight excluding hydrogens is 366 g/mol. The first-order valence-electron chi connectivity index (χ1n) is 8.07. The Bertz CT molecular complexity index is 1080. The van der Waals surface area contributed by atoms with Gasteiger partial charge in [-0.15, -0.1) is 11.3 Å². The molecule has 0 spiro atoms. The molecule has 2 aromatic heterocycles. The fraction of sp³-hybridized carbons (Fsp3) is 0.100. The largest absolute Gasteiger partial charge is 0.495 e. The number of rotatable bonds is 4. The lowest BCUT2D eigenvalue weighted by Gasteiger charge is -2.13. The van der Waals surface area contributed by atoms with E-state index in [-0.39, 0.29) is 0 Å². The van der Waals surface area contributed by atoms with Crippen molar-refractivity contribution in [2.45, 2.75) is 6.92 Å². The minimum Gasteiger partial charge on any atom is -0.495 e. The van der Waals surface area contributed by atoms with E-state index in [2.05, 4.69) is 33.5 Å². The van der Waals surface area contributed by atoms with Gasteiger partial charge in [0.15, 0.2) is 0 Å². The summed E-state index contributed by atoms with van der Waals surface area (Å²) in [6, 6.07) is 16.2. The Labute approximate surface area is 160 Å². The van der Waals surface area contributed by atoms with Gasteiger partial charge in [0, 0.05) is 16.0 Å². The number of nitrogens with one attached hydrogen (secondary N) is 1. The maximum Gasteiger partial charge on any atom is 0.143 e. The van der Waals surface area contributed by atoms with Gasteiger partial charge < -0.3 is 10.1 Å². The maximum absolute atomic E-state index is 6.20. The van der Waals surface area contributed by atoms with E-state index in [4.69, 9.17) is 16.3 Å². The number of thiophene rings is 1. The topological polar surface area (TPSA) is 47.0 Å². The van der Waals surface area contributed by atoms with Crippen LogP contribution in [0.3, 0.4) is 0 Å². The number of aromatic nitrogens is 2. The molecule has 4 aromatic rings. The van der Waals surface area contributed by atoms with Crippen LogP contribution in [-0.2, 0) is 0 Å². The summed E-state index contributed by atoms with van der Waals surface area (Å²) in [4.78, 5) is 10.9. The van der Waals surface area contributed by atoms with E-state index < -0.39 is 0 Å². The summed E-state index contributed by atoms with van der Waals surface area (Å²) in [7, 11) is 1.62. The normalized spacial score (nSPS) is 10.9. The first-order chi connectivity index (χ1) is 12.7. The van der Waals surface area contributed by atoms with Gasteiger partial charge in [-0.25, -0.2) is 9.97 Å². The lowest BCUT2D eigenvalue weighted by atomic mass is 10.2. The summed E-state index contributed by atoms with van der Waals surface area (Å²) in [6.07, 6.45) is 1.57. The zero-order valence-electron chi connectivity index (χ0n) is 14.3. The molecule has 0 atom stereocenters. The molecule has 0 aliphatic heterocycles. The summed E-state index contributed by atoms with van der Waals surface area (Å²) in [5.74, 6) is 1.42. The first-order valence-corrected chi connectivity index (χ1v) is 9.26. The van der Waals surface area contributed by atoms with Gasteiger partial charge in [0.05, 0.1) is 18.2 Å². The minimum atomic E-state index is 0.669. The first kappa shape index (κ1) is 16.8. The third-order valence-electron chi connectivity index (χ3n) is 4.12. The van der Waals surface area contributed by atoms with Crippen LogP contribution in [0.25, 0.3) is 20.7 Å². The standard InChI is InChI=1S/C20H16ClN3OS/c1-12-8-16(17(25-2)10-15(12)21)24-19-14-9-18(13-6-4-3-5-7-13)26-20(14)23-11-22-19/h3-11H,1-2H3,(H,22,23,24). The third kappa shape index (κ3) is 3.11. The second kappa shape index (κ2) is 6.94. The van der Waals surface area contributed by atoms with Gasteiger partial charge in [-0.3, -0.25) is 0 Å². The van der Waals surface area contributed by atoms with Gasteiger partial charge in [0.1, 0.15) is 22.7 Å². The number of ether oxygens (including phenoxy) is 1. The molecule has 0 aliphatic carbocycles. The van der Waals surface area contributed by atoms with Crippen molar-refractivity contribution in [1.82, 2.24) is 9.97 Å². The van der Waals surface area contributed by atoms with Gasteiger partial charge in [0.25, 0.3) is 0 Å². The Hall–Kier alpha value is -2.63. The van der Waals surface area contributed by atoms with Gasteiger partial charge >= 0.3 is 0 Å². The molecule has 2 aromatic carbocycles. The number of nitrogens with zero attached hydrogens (tertiary/aromatic N) is 2. The fourth-order valence-electron chi connectivity index (χ4n) is 2.76. The number of benzene rings is 2. The Morgan fingerprint density at radius 3 is 2.65 bits per heavy atom. The van der Waals surface area contributed by atoms with E-state index in [1.165, 1.54) is 5.56 Å². The fourth-order valence-corrected chi connectivity index (χ4v) is 3.92. The highest BCUT2D eigenvalue weighted by molar-refractivity contribution is 7.21. The van der Waals surface area contributed by atoms with Crippen LogP contribution in [0.5, 0.6) is 5.75 Å². The number of aryl methyl sites for hydroxylation is 1. The molecule has 0 amide bonds. The lowest BCUT2D eigenvalue weighted by Crippen LogP contribution is -1.98. The molecule has 2 heterocycles. The van der Waals surface area contributed by atoms with Crippen LogP contribution >= 0.6 is 22.9 Å². The maximum atomic E-state index is 6.20. The van der Waals surface area contributed by atoms with Crippen LogP contribution in [0.1, 0.15) is 5.56 Å². The average Bonchev–Trinajstić information content (AvgIpc) is 3.10. The molecule has 6 heteroatoms. The van der Waals surface area contributed by atoms with Crippen molar-refractivity contribution in [2.75, 3.05) is 12.4 Å². The van der Waals surface area contributed by atoms with Crippen LogP contribution in [0, 0.1) is 6.92 Å². The van der Waals surface area contributed by atoms with Crippen molar-refractivity contribution >= 4 is 44.7 Å². The molecule has 26 heavy (non-hydrogen) atoms. The second-order valence-corrected chi connectivity index (χ2v) is 7.28. The Morgan fingerprint density at radius 1 is 1.08 bits per heavy atom. The molecule has 0 saturated heterocycles. The van der Waals surface area contributed by atoms with E-state index >= 15 is 0 Å². The molecule has 4 nitrogen and oxygen atoms in total. The van der Waals surface area contributed by atoms with E-state index in [9.17, 15) is 0 Å². The summed E-state index contributed by atoms with van der Waals surface area (Å²) in [5, 5.41) is 5.02. The monoisotopic (exact) mass is 381 g/mol. The smallest absolute Gasteiger partial charge is 0.143 e. The highest BCUT2D eigenvalue weighted by Gasteiger charge is 2.13. The van der Waals surface area contributed by atoms with Crippen LogP contribution in [-0.4, -0.2) is 17.1 Å². The summed E-state index contributed by atoms with van der Waals surface area (Å²) in [5.41, 5.74) is 2.96. The number of hydrogen-bond acceptors (Lipinski definition) is 5. The predicted molar refractivity (Wildman–Crippen MR) is 109 cm³/mol. The van der Waals surface area contributed by atoms with Gasteiger partial charge in [-0.1, -0.05) is 41.9 Å². The van der Waals surface area contributed by atoms with E-state index in [1.54, 1.807) is 30.8 Å². The quantitative estimate of drug-likeness (QED) is 0.466. The summed E-state index contributed by atoms with van der Waals surface area (Å²) >= 11 is 7.85. The molecule has 130 valence electrons. The number of fused-ring (bicyclic) bond motifs is 1. The third-order valence-corrected chi connectivity index (χ3v) is 5.62. The molecular formula is C20H16ClN3OS. The molecule has 0 unspecified atom stereocenters. The minimum absolute atomic E-state index is 0.669. The van der Waals surface area contributed by atoms with Gasteiger partial charge in [-0.2, -0.15) is 0 Å². The van der Waals surface area contributed by atoms with Crippen molar-refractivity contribution in [3.63, 3.8) is 0 Å². The lowest BCUT2D eigenvalue weighted by molar-refractivity contribution is 0.416. The average molecular weight is 382 g/mol. The SMILES string of the molecule is COc1cc(Cl)c(C)cc1Nc1ncnc2sc(-c3ccccc3)cc12. The number of halogens is 1. The molecule has 0 bridgehead atoms. The zero-order valence-corrected chi connectivity index (χ0v) is 15.9. The van der Waals surface area contributed by atoms with Crippen LogP contribution < -0.4 is 10.1 Å². The second-order valence-electron chi connectivity index (χ2n) is 5.84. The van der Waals surface area contributed by atoms with Gasteiger partial charge in [0.2, 0.25) is 0 Å². The zero-order chi connectivity index (χ0) is 18.1.